The fraction of sp³-hybridized carbons (Fsp3) is 0.300. The minimum Gasteiger partial charge on any atom is -0.495 e. The van der Waals surface area contributed by atoms with Crippen molar-refractivity contribution in [1.82, 2.24) is 4.90 Å². The fourth-order valence-corrected chi connectivity index (χ4v) is 3.16. The van der Waals surface area contributed by atoms with Gasteiger partial charge in [0.05, 0.1) is 19.3 Å². The largest absolute Gasteiger partial charge is 0.495 e. The second-order valence-corrected chi connectivity index (χ2v) is 6.42. The van der Waals surface area contributed by atoms with Gasteiger partial charge in [0.25, 0.3) is 0 Å². The van der Waals surface area contributed by atoms with E-state index < -0.39 is 5.91 Å². The number of benzene rings is 2. The first-order chi connectivity index (χ1) is 13.1. The highest BCUT2D eigenvalue weighted by atomic mass is 16.5. The Balaban J connectivity index is 1.50. The molecule has 7 nitrogen and oxygen atoms in total. The molecule has 0 bridgehead atoms. The highest BCUT2D eigenvalue weighted by Crippen LogP contribution is 2.28. The standard InChI is InChI=1S/C20H24N4O3/c1-27-18-5-3-2-4-17(18)24-12-10-23(11-13-24)14-19(25)22-16-8-6-15(7-9-16)20(21)26/h2-9H,10-14H2,1H3,(H2,21,26)(H,22,25). The number of para-hydroxylation sites is 2. The zero-order chi connectivity index (χ0) is 19.2. The third kappa shape index (κ3) is 4.77. The van der Waals surface area contributed by atoms with Gasteiger partial charge in [0.2, 0.25) is 11.8 Å². The quantitative estimate of drug-likeness (QED) is 0.808. The maximum atomic E-state index is 12.3. The molecular formula is C20H24N4O3. The minimum absolute atomic E-state index is 0.0763. The number of carbonyl (C=O) groups excluding carboxylic acids is 2. The molecule has 2 aromatic carbocycles. The summed E-state index contributed by atoms with van der Waals surface area (Å²) in [7, 11) is 1.68. The summed E-state index contributed by atoms with van der Waals surface area (Å²) in [6.07, 6.45) is 0. The van der Waals surface area contributed by atoms with Gasteiger partial charge in [0.15, 0.2) is 0 Å². The summed E-state index contributed by atoms with van der Waals surface area (Å²) in [5, 5.41) is 2.85. The summed E-state index contributed by atoms with van der Waals surface area (Å²) >= 11 is 0. The molecule has 1 heterocycles. The van der Waals surface area contributed by atoms with E-state index in [4.69, 9.17) is 10.5 Å². The van der Waals surface area contributed by atoms with Gasteiger partial charge in [-0.05, 0) is 36.4 Å². The number of nitrogens with two attached hydrogens (primary N) is 1. The van der Waals surface area contributed by atoms with Crippen LogP contribution in [0.1, 0.15) is 10.4 Å². The fourth-order valence-electron chi connectivity index (χ4n) is 3.16. The molecule has 1 aliphatic rings. The van der Waals surface area contributed by atoms with Crippen molar-refractivity contribution in [2.75, 3.05) is 50.1 Å². The lowest BCUT2D eigenvalue weighted by Crippen LogP contribution is -2.48. The van der Waals surface area contributed by atoms with Crippen molar-refractivity contribution in [3.63, 3.8) is 0 Å². The molecule has 27 heavy (non-hydrogen) atoms. The molecule has 1 saturated heterocycles. The van der Waals surface area contributed by atoms with Gasteiger partial charge in [-0.2, -0.15) is 0 Å². The molecule has 3 rings (SSSR count). The van der Waals surface area contributed by atoms with Crippen LogP contribution < -0.4 is 20.7 Å². The Morgan fingerprint density at radius 2 is 1.70 bits per heavy atom. The van der Waals surface area contributed by atoms with Crippen LogP contribution in [0.4, 0.5) is 11.4 Å². The van der Waals surface area contributed by atoms with Crippen molar-refractivity contribution < 1.29 is 14.3 Å². The van der Waals surface area contributed by atoms with Crippen LogP contribution in [-0.4, -0.2) is 56.5 Å². The number of anilines is 2. The first-order valence-electron chi connectivity index (χ1n) is 8.87. The van der Waals surface area contributed by atoms with Crippen LogP contribution in [0.5, 0.6) is 5.75 Å². The van der Waals surface area contributed by atoms with Gasteiger partial charge in [-0.15, -0.1) is 0 Å². The lowest BCUT2D eigenvalue weighted by Gasteiger charge is -2.36. The van der Waals surface area contributed by atoms with Crippen molar-refractivity contribution in [3.8, 4) is 5.75 Å². The predicted molar refractivity (Wildman–Crippen MR) is 105 cm³/mol. The van der Waals surface area contributed by atoms with Crippen molar-refractivity contribution in [1.29, 1.82) is 0 Å². The minimum atomic E-state index is -0.485. The number of methoxy groups -OCH3 is 1. The molecule has 0 saturated carbocycles. The lowest BCUT2D eigenvalue weighted by molar-refractivity contribution is -0.117. The van der Waals surface area contributed by atoms with Gasteiger partial charge < -0.3 is 20.7 Å². The number of piperazine rings is 1. The summed E-state index contributed by atoms with van der Waals surface area (Å²) < 4.78 is 5.43. The van der Waals surface area contributed by atoms with Crippen molar-refractivity contribution in [2.24, 2.45) is 5.73 Å². The van der Waals surface area contributed by atoms with E-state index in [1.165, 1.54) is 0 Å². The van der Waals surface area contributed by atoms with E-state index in [0.29, 0.717) is 17.8 Å². The Morgan fingerprint density at radius 3 is 2.33 bits per heavy atom. The Morgan fingerprint density at radius 1 is 1.04 bits per heavy atom. The third-order valence-corrected chi connectivity index (χ3v) is 4.62. The first-order valence-corrected chi connectivity index (χ1v) is 8.87. The summed E-state index contributed by atoms with van der Waals surface area (Å²) in [6, 6.07) is 14.5. The van der Waals surface area contributed by atoms with E-state index in [1.807, 2.05) is 18.2 Å². The number of nitrogens with one attached hydrogen (secondary N) is 1. The number of hydrogen-bond donors (Lipinski definition) is 2. The van der Waals surface area contributed by atoms with Gasteiger partial charge in [0, 0.05) is 37.4 Å². The molecule has 142 valence electrons. The number of rotatable bonds is 6. The van der Waals surface area contributed by atoms with Gasteiger partial charge in [0.1, 0.15) is 5.75 Å². The smallest absolute Gasteiger partial charge is 0.248 e. The molecule has 1 fully saturated rings. The van der Waals surface area contributed by atoms with Crippen LogP contribution >= 0.6 is 0 Å². The molecule has 0 aromatic heterocycles. The Labute approximate surface area is 158 Å². The molecule has 7 heteroatoms. The molecule has 1 aliphatic heterocycles. The van der Waals surface area contributed by atoms with Gasteiger partial charge in [-0.1, -0.05) is 12.1 Å². The summed E-state index contributed by atoms with van der Waals surface area (Å²) in [6.45, 7) is 3.59. The monoisotopic (exact) mass is 368 g/mol. The number of primary amides is 1. The Bertz CT molecular complexity index is 799. The van der Waals surface area contributed by atoms with Crippen LogP contribution in [0.25, 0.3) is 0 Å². The summed E-state index contributed by atoms with van der Waals surface area (Å²) in [5.41, 5.74) is 7.37. The molecule has 0 spiro atoms. The first kappa shape index (κ1) is 18.7. The van der Waals surface area contributed by atoms with E-state index in [-0.39, 0.29) is 5.91 Å². The van der Waals surface area contributed by atoms with Crippen molar-refractivity contribution in [3.05, 3.63) is 54.1 Å². The molecule has 2 aromatic rings. The molecule has 3 N–H and O–H groups in total. The summed E-state index contributed by atoms with van der Waals surface area (Å²) in [5.74, 6) is 0.302. The van der Waals surface area contributed by atoms with E-state index in [0.717, 1.165) is 37.6 Å². The summed E-state index contributed by atoms with van der Waals surface area (Å²) in [4.78, 5) is 27.8. The maximum Gasteiger partial charge on any atom is 0.248 e. The number of ether oxygens (including phenoxy) is 1. The van der Waals surface area contributed by atoms with Crippen molar-refractivity contribution in [2.45, 2.75) is 0 Å². The number of nitrogens with zero attached hydrogens (tertiary/aromatic N) is 2. The SMILES string of the molecule is COc1ccccc1N1CCN(CC(=O)Nc2ccc(C(N)=O)cc2)CC1. The van der Waals surface area contributed by atoms with Crippen LogP contribution in [0.2, 0.25) is 0 Å². The van der Waals surface area contributed by atoms with E-state index in [9.17, 15) is 9.59 Å². The van der Waals surface area contributed by atoms with Gasteiger partial charge in [-0.3, -0.25) is 14.5 Å². The third-order valence-electron chi connectivity index (χ3n) is 4.62. The Kier molecular flexibility index (Phi) is 5.93. The highest BCUT2D eigenvalue weighted by Gasteiger charge is 2.21. The normalized spacial score (nSPS) is 14.6. The topological polar surface area (TPSA) is 87.9 Å². The molecule has 0 radical (unpaired) electrons. The molecule has 2 amide bonds. The van der Waals surface area contributed by atoms with Crippen LogP contribution in [0.15, 0.2) is 48.5 Å². The van der Waals surface area contributed by atoms with Crippen LogP contribution in [0.3, 0.4) is 0 Å². The van der Waals surface area contributed by atoms with Crippen LogP contribution in [-0.2, 0) is 4.79 Å². The number of carbonyl (C=O) groups is 2. The van der Waals surface area contributed by atoms with Crippen LogP contribution in [0, 0.1) is 0 Å². The molecule has 0 unspecified atom stereocenters. The predicted octanol–water partition coefficient (Wildman–Crippen LogP) is 1.55. The molecule has 0 atom stereocenters. The maximum absolute atomic E-state index is 12.3. The highest BCUT2D eigenvalue weighted by molar-refractivity contribution is 5.95. The van der Waals surface area contributed by atoms with E-state index in [2.05, 4.69) is 21.2 Å². The zero-order valence-electron chi connectivity index (χ0n) is 15.4. The second kappa shape index (κ2) is 8.55. The van der Waals surface area contributed by atoms with Gasteiger partial charge >= 0.3 is 0 Å². The van der Waals surface area contributed by atoms with Gasteiger partial charge in [-0.25, -0.2) is 0 Å². The Hall–Kier alpha value is -3.06. The average Bonchev–Trinajstić information content (AvgIpc) is 2.69. The van der Waals surface area contributed by atoms with E-state index in [1.54, 1.807) is 31.4 Å². The lowest BCUT2D eigenvalue weighted by atomic mass is 10.2. The molecular weight excluding hydrogens is 344 g/mol. The van der Waals surface area contributed by atoms with E-state index >= 15 is 0 Å². The van der Waals surface area contributed by atoms with Crippen molar-refractivity contribution >= 4 is 23.2 Å². The average molecular weight is 368 g/mol. The number of amides is 2. The molecule has 0 aliphatic carbocycles. The second-order valence-electron chi connectivity index (χ2n) is 6.42. The number of hydrogen-bond acceptors (Lipinski definition) is 5. The zero-order valence-corrected chi connectivity index (χ0v) is 15.4.